The Morgan fingerprint density at radius 1 is 1.05 bits per heavy atom. The molecule has 4 heteroatoms. The molecule has 2 rings (SSSR count). The van der Waals surface area contributed by atoms with Gasteiger partial charge in [0.05, 0.1) is 18.7 Å². The number of aliphatic hydroxyl groups excluding tert-OH is 1. The van der Waals surface area contributed by atoms with E-state index in [1.54, 1.807) is 25.3 Å². The van der Waals surface area contributed by atoms with Gasteiger partial charge in [-0.15, -0.1) is 0 Å². The number of methoxy groups -OCH3 is 1. The third-order valence-corrected chi connectivity index (χ3v) is 3.03. The second-order valence-electron chi connectivity index (χ2n) is 4.06. The molecule has 0 bridgehead atoms. The van der Waals surface area contributed by atoms with Crippen LogP contribution in [0.4, 0.5) is 0 Å². The third-order valence-electron chi connectivity index (χ3n) is 2.73. The summed E-state index contributed by atoms with van der Waals surface area (Å²) in [5, 5.41) is 9.50. The number of aliphatic hydroxyl groups is 1. The Kier molecular flexibility index (Phi) is 4.66. The first-order valence-corrected chi connectivity index (χ1v) is 6.25. The minimum absolute atomic E-state index is 0.0293. The van der Waals surface area contributed by atoms with Gasteiger partial charge in [0.15, 0.2) is 0 Å². The van der Waals surface area contributed by atoms with Gasteiger partial charge >= 0.3 is 0 Å². The van der Waals surface area contributed by atoms with Crippen molar-refractivity contribution in [3.8, 4) is 11.5 Å². The SMILES string of the molecule is COc1ccc(COc2ccc(CO)cc2Cl)cc1. The van der Waals surface area contributed by atoms with Crippen molar-refractivity contribution in [2.24, 2.45) is 0 Å². The summed E-state index contributed by atoms with van der Waals surface area (Å²) >= 11 is 6.07. The molecule has 0 spiro atoms. The van der Waals surface area contributed by atoms with Gasteiger partial charge in [-0.2, -0.15) is 0 Å². The molecule has 2 aromatic carbocycles. The topological polar surface area (TPSA) is 38.7 Å². The van der Waals surface area contributed by atoms with E-state index >= 15 is 0 Å². The van der Waals surface area contributed by atoms with Crippen molar-refractivity contribution < 1.29 is 14.6 Å². The lowest BCUT2D eigenvalue weighted by atomic mass is 10.2. The van der Waals surface area contributed by atoms with Crippen LogP contribution in [0.3, 0.4) is 0 Å². The lowest BCUT2D eigenvalue weighted by Crippen LogP contribution is -1.96. The van der Waals surface area contributed by atoms with E-state index in [2.05, 4.69) is 0 Å². The van der Waals surface area contributed by atoms with Gasteiger partial charge in [-0.3, -0.25) is 0 Å². The molecule has 2 aromatic rings. The summed E-state index contributed by atoms with van der Waals surface area (Å²) in [6.45, 7) is 0.403. The van der Waals surface area contributed by atoms with Crippen molar-refractivity contribution in [1.82, 2.24) is 0 Å². The molecule has 0 saturated heterocycles. The molecule has 1 N–H and O–H groups in total. The van der Waals surface area contributed by atoms with Crippen LogP contribution in [0.5, 0.6) is 11.5 Å². The van der Waals surface area contributed by atoms with E-state index in [-0.39, 0.29) is 6.61 Å². The highest BCUT2D eigenvalue weighted by molar-refractivity contribution is 6.32. The fraction of sp³-hybridized carbons (Fsp3) is 0.200. The fourth-order valence-electron chi connectivity index (χ4n) is 1.64. The molecule has 0 aliphatic rings. The molecule has 0 heterocycles. The highest BCUT2D eigenvalue weighted by atomic mass is 35.5. The average molecular weight is 279 g/mol. The van der Waals surface area contributed by atoms with Crippen molar-refractivity contribution in [3.63, 3.8) is 0 Å². The zero-order valence-corrected chi connectivity index (χ0v) is 11.4. The van der Waals surface area contributed by atoms with Crippen LogP contribution >= 0.6 is 11.6 Å². The zero-order chi connectivity index (χ0) is 13.7. The largest absolute Gasteiger partial charge is 0.497 e. The lowest BCUT2D eigenvalue weighted by Gasteiger charge is -2.09. The standard InChI is InChI=1S/C15H15ClO3/c1-18-13-5-2-11(3-6-13)10-19-15-7-4-12(9-17)8-14(15)16/h2-8,17H,9-10H2,1H3. The minimum Gasteiger partial charge on any atom is -0.497 e. The van der Waals surface area contributed by atoms with Gasteiger partial charge in [0.2, 0.25) is 0 Å². The van der Waals surface area contributed by atoms with E-state index in [9.17, 15) is 0 Å². The molecule has 0 fully saturated rings. The molecule has 0 aliphatic heterocycles. The Bertz CT molecular complexity index is 538. The fourth-order valence-corrected chi connectivity index (χ4v) is 1.90. The highest BCUT2D eigenvalue weighted by Crippen LogP contribution is 2.26. The zero-order valence-electron chi connectivity index (χ0n) is 10.6. The van der Waals surface area contributed by atoms with E-state index in [1.807, 2.05) is 24.3 Å². The smallest absolute Gasteiger partial charge is 0.138 e. The number of hydrogen-bond donors (Lipinski definition) is 1. The molecule has 19 heavy (non-hydrogen) atoms. The lowest BCUT2D eigenvalue weighted by molar-refractivity contribution is 0.281. The summed E-state index contributed by atoms with van der Waals surface area (Å²) in [5.74, 6) is 1.42. The molecule has 3 nitrogen and oxygen atoms in total. The number of rotatable bonds is 5. The molecule has 0 aliphatic carbocycles. The monoisotopic (exact) mass is 278 g/mol. The molecule has 0 unspecified atom stereocenters. The summed E-state index contributed by atoms with van der Waals surface area (Å²) in [6.07, 6.45) is 0. The van der Waals surface area contributed by atoms with Crippen LogP contribution in [-0.2, 0) is 13.2 Å². The molecule has 0 amide bonds. The number of ether oxygens (including phenoxy) is 2. The predicted octanol–water partition coefficient (Wildman–Crippen LogP) is 3.42. The minimum atomic E-state index is -0.0293. The average Bonchev–Trinajstić information content (AvgIpc) is 2.46. The van der Waals surface area contributed by atoms with Crippen LogP contribution in [0.2, 0.25) is 5.02 Å². The van der Waals surface area contributed by atoms with E-state index < -0.39 is 0 Å². The second-order valence-corrected chi connectivity index (χ2v) is 4.47. The van der Waals surface area contributed by atoms with Gasteiger partial charge in [-0.05, 0) is 35.4 Å². The molecular weight excluding hydrogens is 264 g/mol. The first kappa shape index (κ1) is 13.7. The van der Waals surface area contributed by atoms with Gasteiger partial charge in [-0.1, -0.05) is 29.8 Å². The predicted molar refractivity (Wildman–Crippen MR) is 74.7 cm³/mol. The van der Waals surface area contributed by atoms with E-state index in [0.717, 1.165) is 16.9 Å². The van der Waals surface area contributed by atoms with Gasteiger partial charge in [0.1, 0.15) is 18.1 Å². The summed E-state index contributed by atoms with van der Waals surface area (Å²) in [4.78, 5) is 0. The van der Waals surface area contributed by atoms with Gasteiger partial charge in [0, 0.05) is 0 Å². The Labute approximate surface area is 117 Å². The van der Waals surface area contributed by atoms with Crippen molar-refractivity contribution >= 4 is 11.6 Å². The first-order valence-electron chi connectivity index (χ1n) is 5.88. The first-order chi connectivity index (χ1) is 9.22. The molecule has 0 radical (unpaired) electrons. The van der Waals surface area contributed by atoms with E-state index in [4.69, 9.17) is 26.2 Å². The summed E-state index contributed by atoms with van der Waals surface area (Å²) in [5.41, 5.74) is 1.80. The molecular formula is C15H15ClO3. The van der Waals surface area contributed by atoms with Gasteiger partial charge < -0.3 is 14.6 Å². The van der Waals surface area contributed by atoms with Crippen LogP contribution < -0.4 is 9.47 Å². The van der Waals surface area contributed by atoms with Crippen molar-refractivity contribution in [1.29, 1.82) is 0 Å². The Morgan fingerprint density at radius 3 is 2.32 bits per heavy atom. The van der Waals surface area contributed by atoms with E-state index in [1.165, 1.54) is 0 Å². The summed E-state index contributed by atoms with van der Waals surface area (Å²) in [7, 11) is 1.63. The maximum Gasteiger partial charge on any atom is 0.138 e. The van der Waals surface area contributed by atoms with Crippen LogP contribution in [0.25, 0.3) is 0 Å². The van der Waals surface area contributed by atoms with Crippen LogP contribution in [0, 0.1) is 0 Å². The van der Waals surface area contributed by atoms with Crippen LogP contribution in [-0.4, -0.2) is 12.2 Å². The Balaban J connectivity index is 2.01. The van der Waals surface area contributed by atoms with Crippen molar-refractivity contribution in [2.75, 3.05) is 7.11 Å². The normalized spacial score (nSPS) is 10.3. The molecule has 0 aromatic heterocycles. The summed E-state index contributed by atoms with van der Waals surface area (Å²) < 4.78 is 10.7. The number of hydrogen-bond acceptors (Lipinski definition) is 3. The molecule has 0 atom stereocenters. The third kappa shape index (κ3) is 3.63. The van der Waals surface area contributed by atoms with Crippen LogP contribution in [0.1, 0.15) is 11.1 Å². The number of halogens is 1. The maximum atomic E-state index is 9.00. The van der Waals surface area contributed by atoms with Crippen molar-refractivity contribution in [2.45, 2.75) is 13.2 Å². The molecule has 0 saturated carbocycles. The molecule has 100 valence electrons. The van der Waals surface area contributed by atoms with Gasteiger partial charge in [0.25, 0.3) is 0 Å². The Hall–Kier alpha value is -1.71. The highest BCUT2D eigenvalue weighted by Gasteiger charge is 2.03. The van der Waals surface area contributed by atoms with E-state index in [0.29, 0.717) is 17.4 Å². The Morgan fingerprint density at radius 2 is 1.74 bits per heavy atom. The van der Waals surface area contributed by atoms with Crippen LogP contribution in [0.15, 0.2) is 42.5 Å². The van der Waals surface area contributed by atoms with Gasteiger partial charge in [-0.25, -0.2) is 0 Å². The summed E-state index contributed by atoms with van der Waals surface area (Å²) in [6, 6.07) is 12.9. The second kappa shape index (κ2) is 6.45. The maximum absolute atomic E-state index is 9.00. The van der Waals surface area contributed by atoms with Crippen molar-refractivity contribution in [3.05, 3.63) is 58.6 Å². The number of benzene rings is 2. The quantitative estimate of drug-likeness (QED) is 0.911.